The molecule has 0 spiro atoms. The number of carbonyl (C=O) groups excluding carboxylic acids is 1. The normalized spacial score (nSPS) is 11.2. The molecule has 0 heterocycles. The fourth-order valence-electron chi connectivity index (χ4n) is 1.29. The van der Waals surface area contributed by atoms with Crippen molar-refractivity contribution >= 4 is 11.6 Å². The SMILES string of the molecule is C#CC(C)NC(=O)c1ccc([N+](=O)[O-])c(OC)c1. The highest BCUT2D eigenvalue weighted by Crippen LogP contribution is 2.27. The smallest absolute Gasteiger partial charge is 0.310 e. The lowest BCUT2D eigenvalue weighted by Gasteiger charge is -2.08. The molecular weight excluding hydrogens is 236 g/mol. The van der Waals surface area contributed by atoms with Gasteiger partial charge in [-0.15, -0.1) is 6.42 Å². The van der Waals surface area contributed by atoms with E-state index in [1.165, 1.54) is 25.3 Å². The zero-order chi connectivity index (χ0) is 13.7. The second-order valence-corrected chi connectivity index (χ2v) is 3.51. The fraction of sp³-hybridized carbons (Fsp3) is 0.250. The van der Waals surface area contributed by atoms with Gasteiger partial charge in [0.25, 0.3) is 5.91 Å². The van der Waals surface area contributed by atoms with Crippen LogP contribution in [0.4, 0.5) is 5.69 Å². The van der Waals surface area contributed by atoms with Gasteiger partial charge in [-0.3, -0.25) is 14.9 Å². The number of rotatable bonds is 4. The van der Waals surface area contributed by atoms with Gasteiger partial charge in [-0.25, -0.2) is 0 Å². The van der Waals surface area contributed by atoms with E-state index in [1.54, 1.807) is 6.92 Å². The molecule has 0 saturated carbocycles. The number of methoxy groups -OCH3 is 1. The molecule has 1 rings (SSSR count). The van der Waals surface area contributed by atoms with Crippen LogP contribution in [0.25, 0.3) is 0 Å². The molecular formula is C12H12N2O4. The molecule has 1 aromatic rings. The molecule has 0 aliphatic carbocycles. The first-order chi connectivity index (χ1) is 8.49. The van der Waals surface area contributed by atoms with Crippen molar-refractivity contribution in [1.29, 1.82) is 0 Å². The van der Waals surface area contributed by atoms with Gasteiger partial charge in [0.2, 0.25) is 0 Å². The molecule has 0 aliphatic heterocycles. The first-order valence-electron chi connectivity index (χ1n) is 5.09. The molecule has 18 heavy (non-hydrogen) atoms. The van der Waals surface area contributed by atoms with Crippen molar-refractivity contribution in [1.82, 2.24) is 5.32 Å². The second-order valence-electron chi connectivity index (χ2n) is 3.51. The molecule has 0 aliphatic rings. The predicted octanol–water partition coefficient (Wildman–Crippen LogP) is 1.35. The maximum Gasteiger partial charge on any atom is 0.310 e. The van der Waals surface area contributed by atoms with Crippen LogP contribution in [0.5, 0.6) is 5.75 Å². The average molecular weight is 248 g/mol. The molecule has 6 nitrogen and oxygen atoms in total. The van der Waals surface area contributed by atoms with E-state index < -0.39 is 16.9 Å². The van der Waals surface area contributed by atoms with E-state index in [1.807, 2.05) is 0 Å². The van der Waals surface area contributed by atoms with Crippen molar-refractivity contribution in [2.24, 2.45) is 0 Å². The Morgan fingerprint density at radius 1 is 1.61 bits per heavy atom. The minimum Gasteiger partial charge on any atom is -0.490 e. The Labute approximate surface area is 104 Å². The summed E-state index contributed by atoms with van der Waals surface area (Å²) in [6.07, 6.45) is 5.14. The molecule has 0 radical (unpaired) electrons. The average Bonchev–Trinajstić information content (AvgIpc) is 2.37. The van der Waals surface area contributed by atoms with Gasteiger partial charge >= 0.3 is 5.69 Å². The highest BCUT2D eigenvalue weighted by atomic mass is 16.6. The number of ether oxygens (including phenoxy) is 1. The van der Waals surface area contributed by atoms with Gasteiger partial charge in [0.15, 0.2) is 5.75 Å². The lowest BCUT2D eigenvalue weighted by Crippen LogP contribution is -2.31. The maximum absolute atomic E-state index is 11.7. The van der Waals surface area contributed by atoms with Crippen LogP contribution in [0.1, 0.15) is 17.3 Å². The Bertz CT molecular complexity index is 519. The van der Waals surface area contributed by atoms with Crippen molar-refractivity contribution in [3.8, 4) is 18.1 Å². The summed E-state index contributed by atoms with van der Waals surface area (Å²) < 4.78 is 4.87. The standard InChI is InChI=1S/C12H12N2O4/c1-4-8(2)13-12(15)9-5-6-10(14(16)17)11(7-9)18-3/h1,5-8H,2-3H3,(H,13,15). The first kappa shape index (κ1) is 13.5. The Morgan fingerprint density at radius 3 is 2.78 bits per heavy atom. The van der Waals surface area contributed by atoms with E-state index in [0.29, 0.717) is 0 Å². The molecule has 94 valence electrons. The summed E-state index contributed by atoms with van der Waals surface area (Å²) in [7, 11) is 1.30. The third kappa shape index (κ3) is 2.98. The lowest BCUT2D eigenvalue weighted by molar-refractivity contribution is -0.385. The third-order valence-electron chi connectivity index (χ3n) is 2.24. The number of amides is 1. The summed E-state index contributed by atoms with van der Waals surface area (Å²) in [4.78, 5) is 21.8. The molecule has 6 heteroatoms. The van der Waals surface area contributed by atoms with Crippen molar-refractivity contribution in [2.45, 2.75) is 13.0 Å². The molecule has 0 bridgehead atoms. The zero-order valence-electron chi connectivity index (χ0n) is 9.97. The van der Waals surface area contributed by atoms with E-state index in [9.17, 15) is 14.9 Å². The van der Waals surface area contributed by atoms with Gasteiger partial charge < -0.3 is 10.1 Å². The Balaban J connectivity index is 3.03. The number of terminal acetylenes is 1. The molecule has 1 N–H and O–H groups in total. The summed E-state index contributed by atoms with van der Waals surface area (Å²) in [5.41, 5.74) is 0.0543. The van der Waals surface area contributed by atoms with Gasteiger partial charge in [-0.05, 0) is 13.0 Å². The molecule has 0 saturated heterocycles. The van der Waals surface area contributed by atoms with Gasteiger partial charge in [-0.1, -0.05) is 5.92 Å². The Kier molecular flexibility index (Phi) is 4.27. The van der Waals surface area contributed by atoms with E-state index in [4.69, 9.17) is 11.2 Å². The quantitative estimate of drug-likeness (QED) is 0.495. The summed E-state index contributed by atoms with van der Waals surface area (Å²) in [5, 5.41) is 13.2. The van der Waals surface area contributed by atoms with Crippen molar-refractivity contribution in [3.63, 3.8) is 0 Å². The highest BCUT2D eigenvalue weighted by molar-refractivity contribution is 5.95. The number of nitrogens with one attached hydrogen (secondary N) is 1. The number of benzene rings is 1. The third-order valence-corrected chi connectivity index (χ3v) is 2.24. The van der Waals surface area contributed by atoms with Crippen molar-refractivity contribution < 1.29 is 14.5 Å². The van der Waals surface area contributed by atoms with Crippen LogP contribution in [0.3, 0.4) is 0 Å². The maximum atomic E-state index is 11.7. The Hall–Kier alpha value is -2.55. The monoisotopic (exact) mass is 248 g/mol. The zero-order valence-corrected chi connectivity index (χ0v) is 9.97. The molecule has 1 atom stereocenters. The summed E-state index contributed by atoms with van der Waals surface area (Å²) in [5.74, 6) is 1.97. The number of hydrogen-bond donors (Lipinski definition) is 1. The summed E-state index contributed by atoms with van der Waals surface area (Å²) in [6.45, 7) is 1.65. The van der Waals surface area contributed by atoms with Crippen LogP contribution in [-0.4, -0.2) is 24.0 Å². The van der Waals surface area contributed by atoms with Gasteiger partial charge in [0, 0.05) is 17.7 Å². The van der Waals surface area contributed by atoms with Gasteiger partial charge in [0.1, 0.15) is 0 Å². The lowest BCUT2D eigenvalue weighted by atomic mass is 10.1. The topological polar surface area (TPSA) is 81.5 Å². The predicted molar refractivity (Wildman–Crippen MR) is 65.4 cm³/mol. The van der Waals surface area contributed by atoms with Crippen LogP contribution in [-0.2, 0) is 0 Å². The van der Waals surface area contributed by atoms with E-state index in [-0.39, 0.29) is 17.0 Å². The molecule has 0 aromatic heterocycles. The minimum atomic E-state index is -0.579. The van der Waals surface area contributed by atoms with Crippen LogP contribution < -0.4 is 10.1 Å². The summed E-state index contributed by atoms with van der Waals surface area (Å²) in [6, 6.07) is 3.45. The van der Waals surface area contributed by atoms with Gasteiger partial charge in [-0.2, -0.15) is 0 Å². The number of carbonyl (C=O) groups is 1. The Morgan fingerprint density at radius 2 is 2.28 bits per heavy atom. The first-order valence-corrected chi connectivity index (χ1v) is 5.09. The molecule has 0 fully saturated rings. The number of nitro groups is 1. The minimum absolute atomic E-state index is 0.0287. The number of nitrogens with zero attached hydrogens (tertiary/aromatic N) is 1. The van der Waals surface area contributed by atoms with Crippen molar-refractivity contribution in [2.75, 3.05) is 7.11 Å². The van der Waals surface area contributed by atoms with E-state index >= 15 is 0 Å². The molecule has 1 amide bonds. The van der Waals surface area contributed by atoms with Crippen LogP contribution >= 0.6 is 0 Å². The second kappa shape index (κ2) is 5.68. The van der Waals surface area contributed by atoms with Crippen LogP contribution in [0.2, 0.25) is 0 Å². The number of nitro benzene ring substituents is 1. The van der Waals surface area contributed by atoms with Crippen LogP contribution in [0, 0.1) is 22.5 Å². The summed E-state index contributed by atoms with van der Waals surface area (Å²) >= 11 is 0. The molecule has 1 aromatic carbocycles. The largest absolute Gasteiger partial charge is 0.490 e. The molecule has 1 unspecified atom stereocenters. The number of hydrogen-bond acceptors (Lipinski definition) is 4. The van der Waals surface area contributed by atoms with Crippen molar-refractivity contribution in [3.05, 3.63) is 33.9 Å². The van der Waals surface area contributed by atoms with Crippen LogP contribution in [0.15, 0.2) is 18.2 Å². The van der Waals surface area contributed by atoms with E-state index in [0.717, 1.165) is 0 Å². The fourth-order valence-corrected chi connectivity index (χ4v) is 1.29. The van der Waals surface area contributed by atoms with E-state index in [2.05, 4.69) is 11.2 Å². The van der Waals surface area contributed by atoms with Gasteiger partial charge in [0.05, 0.1) is 18.1 Å². The highest BCUT2D eigenvalue weighted by Gasteiger charge is 2.17.